The summed E-state index contributed by atoms with van der Waals surface area (Å²) in [6.45, 7) is 2.73. The van der Waals surface area contributed by atoms with E-state index in [9.17, 15) is 9.59 Å². The number of nitrogens with zero attached hydrogens (tertiary/aromatic N) is 1. The normalized spacial score (nSPS) is 25.1. The molecular formula is C24H27NO4. The number of hydrogen-bond donors (Lipinski definition) is 0. The Labute approximate surface area is 171 Å². The van der Waals surface area contributed by atoms with Gasteiger partial charge >= 0.3 is 5.97 Å². The largest absolute Gasteiger partial charge is 0.465 e. The second-order valence-corrected chi connectivity index (χ2v) is 8.07. The standard InChI is InChI=1S/C24H27NO4/c1-3-4-15-28-22(27)23-16-24(18-11-7-5-8-12-18,19-13-9-6-10-14-19)29-20(23)21(26)25(2)17-23/h5-14,20H,3-4,15-17H2,1-2H3/t20?,23-/m1/s1. The Morgan fingerprint density at radius 2 is 1.69 bits per heavy atom. The lowest BCUT2D eigenvalue weighted by Gasteiger charge is -2.32. The van der Waals surface area contributed by atoms with Crippen LogP contribution in [0.5, 0.6) is 0 Å². The van der Waals surface area contributed by atoms with Gasteiger partial charge in [-0.25, -0.2) is 0 Å². The minimum Gasteiger partial charge on any atom is -0.465 e. The summed E-state index contributed by atoms with van der Waals surface area (Å²) < 4.78 is 12.2. The van der Waals surface area contributed by atoms with Crippen LogP contribution in [0.25, 0.3) is 0 Å². The van der Waals surface area contributed by atoms with Gasteiger partial charge in [0.1, 0.15) is 11.0 Å². The second kappa shape index (κ2) is 7.64. The van der Waals surface area contributed by atoms with E-state index in [1.807, 2.05) is 60.7 Å². The van der Waals surface area contributed by atoms with Crippen LogP contribution in [-0.4, -0.2) is 43.1 Å². The number of rotatable bonds is 6. The molecule has 1 amide bonds. The minimum absolute atomic E-state index is 0.161. The molecule has 2 heterocycles. The highest BCUT2D eigenvalue weighted by Gasteiger charge is 2.68. The Hall–Kier alpha value is -2.66. The molecule has 1 unspecified atom stereocenters. The fraction of sp³-hybridized carbons (Fsp3) is 0.417. The van der Waals surface area contributed by atoms with E-state index in [4.69, 9.17) is 9.47 Å². The number of ether oxygens (including phenoxy) is 2. The summed E-state index contributed by atoms with van der Waals surface area (Å²) in [5.41, 5.74) is 0.00708. The molecule has 4 rings (SSSR count). The number of carbonyl (C=O) groups excluding carboxylic acids is 2. The average Bonchev–Trinajstić information content (AvgIpc) is 3.22. The van der Waals surface area contributed by atoms with Gasteiger partial charge in [-0.05, 0) is 17.5 Å². The van der Waals surface area contributed by atoms with Gasteiger partial charge < -0.3 is 14.4 Å². The van der Waals surface area contributed by atoms with Crippen LogP contribution in [-0.2, 0) is 24.7 Å². The fourth-order valence-corrected chi connectivity index (χ4v) is 4.64. The Bertz CT molecular complexity index is 843. The molecule has 152 valence electrons. The number of carbonyl (C=O) groups is 2. The number of likely N-dealkylation sites (N-methyl/N-ethyl adjacent to an activating group) is 1. The highest BCUT2D eigenvalue weighted by atomic mass is 16.6. The molecule has 0 N–H and O–H groups in total. The quantitative estimate of drug-likeness (QED) is 0.557. The molecule has 2 aliphatic heterocycles. The SMILES string of the molecule is CCCCOC(=O)[C@]12CN(C)C(=O)C1OC(c1ccccc1)(c1ccccc1)C2. The monoisotopic (exact) mass is 393 g/mol. The number of benzene rings is 2. The zero-order valence-corrected chi connectivity index (χ0v) is 17.0. The lowest BCUT2D eigenvalue weighted by atomic mass is 9.73. The number of fused-ring (bicyclic) bond motifs is 1. The van der Waals surface area contributed by atoms with Gasteiger partial charge in [0.05, 0.1) is 6.61 Å². The minimum atomic E-state index is -1.01. The third kappa shape index (κ3) is 3.14. The summed E-state index contributed by atoms with van der Waals surface area (Å²) >= 11 is 0. The van der Waals surface area contributed by atoms with Crippen molar-refractivity contribution in [3.63, 3.8) is 0 Å². The van der Waals surface area contributed by atoms with E-state index in [0.29, 0.717) is 19.6 Å². The first-order chi connectivity index (χ1) is 14.0. The van der Waals surface area contributed by atoms with Gasteiger partial charge in [-0.2, -0.15) is 0 Å². The van der Waals surface area contributed by atoms with Crippen LogP contribution in [0.15, 0.2) is 60.7 Å². The van der Waals surface area contributed by atoms with Gasteiger partial charge in [-0.1, -0.05) is 74.0 Å². The molecule has 0 aliphatic carbocycles. The van der Waals surface area contributed by atoms with Gasteiger partial charge in [-0.15, -0.1) is 0 Å². The summed E-state index contributed by atoms with van der Waals surface area (Å²) in [4.78, 5) is 27.8. The molecule has 2 atom stereocenters. The first-order valence-corrected chi connectivity index (χ1v) is 10.2. The summed E-state index contributed by atoms with van der Waals surface area (Å²) in [6.07, 6.45) is 1.28. The van der Waals surface area contributed by atoms with Gasteiger partial charge in [0.15, 0.2) is 6.10 Å². The molecule has 0 saturated carbocycles. The first kappa shape index (κ1) is 19.6. The molecule has 2 aromatic rings. The maximum atomic E-state index is 13.3. The summed E-state index contributed by atoms with van der Waals surface area (Å²) in [5, 5.41) is 0. The molecule has 2 saturated heterocycles. The first-order valence-electron chi connectivity index (χ1n) is 10.2. The number of unbranched alkanes of at least 4 members (excludes halogenated alkanes) is 1. The van der Waals surface area contributed by atoms with Crippen molar-refractivity contribution in [2.45, 2.75) is 37.9 Å². The van der Waals surface area contributed by atoms with Gasteiger partial charge in [0.2, 0.25) is 0 Å². The van der Waals surface area contributed by atoms with Crippen LogP contribution < -0.4 is 0 Å². The molecular weight excluding hydrogens is 366 g/mol. The van der Waals surface area contributed by atoms with Crippen LogP contribution in [0.2, 0.25) is 0 Å². The molecule has 0 aromatic heterocycles. The second-order valence-electron chi connectivity index (χ2n) is 8.07. The lowest BCUT2D eigenvalue weighted by Crippen LogP contribution is -2.41. The summed E-state index contributed by atoms with van der Waals surface area (Å²) in [6, 6.07) is 19.7. The number of hydrogen-bond acceptors (Lipinski definition) is 4. The summed E-state index contributed by atoms with van der Waals surface area (Å²) in [7, 11) is 1.72. The third-order valence-corrected chi connectivity index (χ3v) is 6.12. The Morgan fingerprint density at radius 1 is 1.10 bits per heavy atom. The van der Waals surface area contributed by atoms with Gasteiger partial charge in [0, 0.05) is 20.0 Å². The third-order valence-electron chi connectivity index (χ3n) is 6.12. The molecule has 2 aromatic carbocycles. The predicted molar refractivity (Wildman–Crippen MR) is 109 cm³/mol. The molecule has 5 heteroatoms. The predicted octanol–water partition coefficient (Wildman–Crippen LogP) is 3.52. The maximum Gasteiger partial charge on any atom is 0.317 e. The van der Waals surface area contributed by atoms with Crippen LogP contribution >= 0.6 is 0 Å². The van der Waals surface area contributed by atoms with E-state index in [1.54, 1.807) is 11.9 Å². The molecule has 2 aliphatic rings. The topological polar surface area (TPSA) is 55.8 Å². The summed E-state index contributed by atoms with van der Waals surface area (Å²) in [5.74, 6) is -0.492. The Kier molecular flexibility index (Phi) is 5.17. The van der Waals surface area contributed by atoms with Crippen molar-refractivity contribution in [2.75, 3.05) is 20.2 Å². The Balaban J connectivity index is 1.80. The van der Waals surface area contributed by atoms with Gasteiger partial charge in [0.25, 0.3) is 5.91 Å². The van der Waals surface area contributed by atoms with E-state index in [-0.39, 0.29) is 11.9 Å². The van der Waals surface area contributed by atoms with Crippen LogP contribution in [0, 0.1) is 5.41 Å². The molecule has 29 heavy (non-hydrogen) atoms. The van der Waals surface area contributed by atoms with Crippen molar-refractivity contribution in [2.24, 2.45) is 5.41 Å². The van der Waals surface area contributed by atoms with Crippen molar-refractivity contribution in [3.05, 3.63) is 71.8 Å². The zero-order valence-electron chi connectivity index (χ0n) is 17.0. The van der Waals surface area contributed by atoms with E-state index < -0.39 is 17.1 Å². The maximum absolute atomic E-state index is 13.3. The molecule has 0 radical (unpaired) electrons. The molecule has 5 nitrogen and oxygen atoms in total. The highest BCUT2D eigenvalue weighted by molar-refractivity contribution is 5.94. The smallest absolute Gasteiger partial charge is 0.317 e. The van der Waals surface area contributed by atoms with Crippen LogP contribution in [0.1, 0.15) is 37.3 Å². The highest BCUT2D eigenvalue weighted by Crippen LogP contribution is 2.56. The van der Waals surface area contributed by atoms with Gasteiger partial charge in [-0.3, -0.25) is 9.59 Å². The molecule has 0 bridgehead atoms. The number of likely N-dealkylation sites (tertiary alicyclic amines) is 1. The molecule has 2 fully saturated rings. The van der Waals surface area contributed by atoms with E-state index in [1.165, 1.54) is 0 Å². The zero-order chi connectivity index (χ0) is 20.5. The van der Waals surface area contributed by atoms with Crippen molar-refractivity contribution in [1.82, 2.24) is 4.90 Å². The van der Waals surface area contributed by atoms with Crippen molar-refractivity contribution >= 4 is 11.9 Å². The molecule has 0 spiro atoms. The number of esters is 1. The van der Waals surface area contributed by atoms with Crippen LogP contribution in [0.4, 0.5) is 0 Å². The fourth-order valence-electron chi connectivity index (χ4n) is 4.64. The number of amides is 1. The van der Waals surface area contributed by atoms with Crippen molar-refractivity contribution < 1.29 is 19.1 Å². The van der Waals surface area contributed by atoms with Crippen molar-refractivity contribution in [3.8, 4) is 0 Å². The van der Waals surface area contributed by atoms with Crippen LogP contribution in [0.3, 0.4) is 0 Å². The van der Waals surface area contributed by atoms with E-state index in [2.05, 4.69) is 6.92 Å². The Morgan fingerprint density at radius 3 is 2.24 bits per heavy atom. The van der Waals surface area contributed by atoms with Crippen molar-refractivity contribution in [1.29, 1.82) is 0 Å². The average molecular weight is 393 g/mol. The van der Waals surface area contributed by atoms with E-state index in [0.717, 1.165) is 24.0 Å². The lowest BCUT2D eigenvalue weighted by molar-refractivity contribution is -0.159. The van der Waals surface area contributed by atoms with E-state index >= 15 is 0 Å².